The standard InChI is InChI=1S/C19H16BrN3O4/c1-26-18-5-3-2-4-13(18)11-21-22-12-15-7-9-19(27-15)16-8-6-14(20)10-17(16)23(24)25/h2-10,12,21H,11H2,1H3/b22-12-. The molecule has 27 heavy (non-hydrogen) atoms. The van der Waals surface area contributed by atoms with Crippen LogP contribution in [-0.4, -0.2) is 18.2 Å². The summed E-state index contributed by atoms with van der Waals surface area (Å²) in [5.41, 5.74) is 4.28. The van der Waals surface area contributed by atoms with Crippen LogP contribution in [-0.2, 0) is 6.54 Å². The molecule has 0 aliphatic heterocycles. The maximum atomic E-state index is 11.2. The molecule has 0 spiro atoms. The number of ether oxygens (including phenoxy) is 1. The molecule has 0 saturated carbocycles. The van der Waals surface area contributed by atoms with Crippen molar-refractivity contribution >= 4 is 27.8 Å². The molecule has 0 aliphatic carbocycles. The summed E-state index contributed by atoms with van der Waals surface area (Å²) in [5.74, 6) is 1.66. The summed E-state index contributed by atoms with van der Waals surface area (Å²) in [6.07, 6.45) is 1.52. The third-order valence-corrected chi connectivity index (χ3v) is 4.29. The molecule has 0 saturated heterocycles. The van der Waals surface area contributed by atoms with Crippen molar-refractivity contribution < 1.29 is 14.1 Å². The van der Waals surface area contributed by atoms with Crippen LogP contribution in [0.3, 0.4) is 0 Å². The van der Waals surface area contributed by atoms with E-state index in [4.69, 9.17) is 9.15 Å². The van der Waals surface area contributed by atoms with Gasteiger partial charge < -0.3 is 14.6 Å². The first-order chi connectivity index (χ1) is 13.1. The SMILES string of the molecule is COc1ccccc1CN/N=C\c1ccc(-c2ccc(Br)cc2[N+](=O)[O-])o1. The number of halogens is 1. The summed E-state index contributed by atoms with van der Waals surface area (Å²) >= 11 is 3.24. The van der Waals surface area contributed by atoms with Crippen molar-refractivity contribution in [2.24, 2.45) is 5.10 Å². The maximum absolute atomic E-state index is 11.2. The van der Waals surface area contributed by atoms with E-state index in [0.29, 0.717) is 28.1 Å². The van der Waals surface area contributed by atoms with Gasteiger partial charge in [-0.2, -0.15) is 5.10 Å². The molecule has 1 aromatic heterocycles. The van der Waals surface area contributed by atoms with Crippen molar-refractivity contribution in [2.75, 3.05) is 7.11 Å². The minimum absolute atomic E-state index is 0.0310. The third-order valence-electron chi connectivity index (χ3n) is 3.79. The topological polar surface area (TPSA) is 89.9 Å². The lowest BCUT2D eigenvalue weighted by Crippen LogP contribution is -2.06. The van der Waals surface area contributed by atoms with E-state index in [-0.39, 0.29) is 5.69 Å². The molecule has 0 radical (unpaired) electrons. The first kappa shape index (κ1) is 18.7. The molecule has 0 aliphatic rings. The van der Waals surface area contributed by atoms with Gasteiger partial charge in [0.15, 0.2) is 0 Å². The molecule has 1 heterocycles. The van der Waals surface area contributed by atoms with Gasteiger partial charge in [0.1, 0.15) is 17.3 Å². The number of hydrazone groups is 1. The van der Waals surface area contributed by atoms with Crippen LogP contribution in [0.2, 0.25) is 0 Å². The largest absolute Gasteiger partial charge is 0.496 e. The van der Waals surface area contributed by atoms with E-state index in [9.17, 15) is 10.1 Å². The second-order valence-electron chi connectivity index (χ2n) is 5.53. The minimum Gasteiger partial charge on any atom is -0.496 e. The fourth-order valence-electron chi connectivity index (χ4n) is 2.52. The highest BCUT2D eigenvalue weighted by atomic mass is 79.9. The number of nitro benzene ring substituents is 1. The van der Waals surface area contributed by atoms with Crippen LogP contribution in [0.5, 0.6) is 5.75 Å². The summed E-state index contributed by atoms with van der Waals surface area (Å²) in [4.78, 5) is 10.8. The lowest BCUT2D eigenvalue weighted by atomic mass is 10.1. The number of para-hydroxylation sites is 1. The summed E-state index contributed by atoms with van der Waals surface area (Å²) in [5, 5.41) is 15.4. The zero-order valence-corrected chi connectivity index (χ0v) is 16.0. The van der Waals surface area contributed by atoms with Gasteiger partial charge in [-0.3, -0.25) is 10.1 Å². The molecule has 8 heteroatoms. The highest BCUT2D eigenvalue weighted by molar-refractivity contribution is 9.10. The number of benzene rings is 2. The van der Waals surface area contributed by atoms with Crippen LogP contribution in [0.1, 0.15) is 11.3 Å². The lowest BCUT2D eigenvalue weighted by molar-refractivity contribution is -0.384. The molecule has 138 valence electrons. The van der Waals surface area contributed by atoms with E-state index in [1.165, 1.54) is 12.3 Å². The number of hydrogen-bond acceptors (Lipinski definition) is 6. The number of nitro groups is 1. The molecule has 2 aromatic carbocycles. The number of methoxy groups -OCH3 is 1. The van der Waals surface area contributed by atoms with Crippen LogP contribution >= 0.6 is 15.9 Å². The molecule has 0 bridgehead atoms. The number of nitrogens with zero attached hydrogens (tertiary/aromatic N) is 2. The summed E-state index contributed by atoms with van der Waals surface area (Å²) in [6, 6.07) is 15.8. The van der Waals surface area contributed by atoms with Crippen molar-refractivity contribution in [2.45, 2.75) is 6.54 Å². The van der Waals surface area contributed by atoms with E-state index >= 15 is 0 Å². The van der Waals surface area contributed by atoms with Crippen molar-refractivity contribution in [3.8, 4) is 17.1 Å². The van der Waals surface area contributed by atoms with Crippen molar-refractivity contribution in [3.05, 3.63) is 80.5 Å². The van der Waals surface area contributed by atoms with Gasteiger partial charge in [0.05, 0.1) is 30.4 Å². The molecule has 3 rings (SSSR count). The Labute approximate surface area is 163 Å². The molecule has 0 unspecified atom stereocenters. The Morgan fingerprint density at radius 2 is 2.07 bits per heavy atom. The van der Waals surface area contributed by atoms with Crippen LogP contribution in [0.15, 0.2) is 68.6 Å². The zero-order valence-electron chi connectivity index (χ0n) is 14.4. The zero-order chi connectivity index (χ0) is 19.2. The quantitative estimate of drug-likeness (QED) is 0.332. The third kappa shape index (κ3) is 4.53. The number of rotatable bonds is 7. The average molecular weight is 430 g/mol. The number of hydrogen-bond donors (Lipinski definition) is 1. The van der Waals surface area contributed by atoms with E-state index < -0.39 is 4.92 Å². The monoisotopic (exact) mass is 429 g/mol. The van der Waals surface area contributed by atoms with E-state index in [1.54, 1.807) is 31.4 Å². The smallest absolute Gasteiger partial charge is 0.281 e. The molecule has 1 N–H and O–H groups in total. The summed E-state index contributed by atoms with van der Waals surface area (Å²) in [7, 11) is 1.62. The normalized spacial score (nSPS) is 10.9. The predicted molar refractivity (Wildman–Crippen MR) is 106 cm³/mol. The minimum atomic E-state index is -0.439. The summed E-state index contributed by atoms with van der Waals surface area (Å²) < 4.78 is 11.6. The molecule has 0 fully saturated rings. The Morgan fingerprint density at radius 3 is 2.85 bits per heavy atom. The predicted octanol–water partition coefficient (Wildman–Crippen LogP) is 4.75. The van der Waals surface area contributed by atoms with Gasteiger partial charge in [-0.15, -0.1) is 0 Å². The van der Waals surface area contributed by atoms with E-state index in [0.717, 1.165) is 11.3 Å². The van der Waals surface area contributed by atoms with Gasteiger partial charge >= 0.3 is 0 Å². The first-order valence-electron chi connectivity index (χ1n) is 8.00. The van der Waals surface area contributed by atoms with Crippen molar-refractivity contribution in [3.63, 3.8) is 0 Å². The Bertz CT molecular complexity index is 985. The van der Waals surface area contributed by atoms with E-state index in [2.05, 4.69) is 26.5 Å². The van der Waals surface area contributed by atoms with Gasteiger partial charge in [-0.25, -0.2) is 0 Å². The van der Waals surface area contributed by atoms with Crippen LogP contribution in [0, 0.1) is 10.1 Å². The molecule has 0 amide bonds. The van der Waals surface area contributed by atoms with Crippen molar-refractivity contribution in [1.29, 1.82) is 0 Å². The molecular formula is C19H16BrN3O4. The Morgan fingerprint density at radius 1 is 1.26 bits per heavy atom. The van der Waals surface area contributed by atoms with Crippen molar-refractivity contribution in [1.82, 2.24) is 5.43 Å². The second kappa shape index (κ2) is 8.50. The molecule has 7 nitrogen and oxygen atoms in total. The second-order valence-corrected chi connectivity index (χ2v) is 6.44. The van der Waals surface area contributed by atoms with Gasteiger partial charge in [-0.05, 0) is 30.3 Å². The number of furan rings is 1. The summed E-state index contributed by atoms with van der Waals surface area (Å²) in [6.45, 7) is 0.492. The Hall–Kier alpha value is -3.13. The van der Waals surface area contributed by atoms with Gasteiger partial charge in [-0.1, -0.05) is 34.1 Å². The highest BCUT2D eigenvalue weighted by Gasteiger charge is 2.18. The maximum Gasteiger partial charge on any atom is 0.281 e. The first-order valence-corrected chi connectivity index (χ1v) is 8.80. The molecular weight excluding hydrogens is 414 g/mol. The lowest BCUT2D eigenvalue weighted by Gasteiger charge is -2.06. The molecule has 0 atom stereocenters. The highest BCUT2D eigenvalue weighted by Crippen LogP contribution is 2.33. The van der Waals surface area contributed by atoms with Gasteiger partial charge in [0.25, 0.3) is 5.69 Å². The van der Waals surface area contributed by atoms with Crippen LogP contribution in [0.4, 0.5) is 5.69 Å². The van der Waals surface area contributed by atoms with Gasteiger partial charge in [0.2, 0.25) is 0 Å². The molecule has 3 aromatic rings. The van der Waals surface area contributed by atoms with Crippen LogP contribution < -0.4 is 10.2 Å². The van der Waals surface area contributed by atoms with Gasteiger partial charge in [0, 0.05) is 16.1 Å². The fraction of sp³-hybridized carbons (Fsp3) is 0.105. The van der Waals surface area contributed by atoms with Crippen LogP contribution in [0.25, 0.3) is 11.3 Å². The Balaban J connectivity index is 1.70. The fourth-order valence-corrected chi connectivity index (χ4v) is 2.87. The Kier molecular flexibility index (Phi) is 5.87. The average Bonchev–Trinajstić information content (AvgIpc) is 3.14. The number of nitrogens with one attached hydrogen (secondary N) is 1. The van der Waals surface area contributed by atoms with E-state index in [1.807, 2.05) is 24.3 Å².